The number of ketones is 2. The molecule has 0 fully saturated rings. The van der Waals surface area contributed by atoms with Crippen molar-refractivity contribution in [2.24, 2.45) is 11.7 Å². The third kappa shape index (κ3) is 3.91. The summed E-state index contributed by atoms with van der Waals surface area (Å²) in [5.74, 6) is -8.12. The predicted molar refractivity (Wildman–Crippen MR) is 131 cm³/mol. The molecule has 0 saturated heterocycles. The number of carboxylic acid groups (broad SMARTS) is 2. The van der Waals surface area contributed by atoms with Crippen molar-refractivity contribution in [3.8, 4) is 0 Å². The summed E-state index contributed by atoms with van der Waals surface area (Å²) in [5, 5.41) is 19.4. The summed E-state index contributed by atoms with van der Waals surface area (Å²) in [6, 6.07) is 10.4. The van der Waals surface area contributed by atoms with Gasteiger partial charge < -0.3 is 15.9 Å². The zero-order valence-electron chi connectivity index (χ0n) is 18.6. The average molecular weight is 529 g/mol. The van der Waals surface area contributed by atoms with Gasteiger partial charge in [0, 0.05) is 22.6 Å². The van der Waals surface area contributed by atoms with Gasteiger partial charge >= 0.3 is 11.9 Å². The first-order chi connectivity index (χ1) is 17.1. The van der Waals surface area contributed by atoms with Gasteiger partial charge in [-0.1, -0.05) is 58.0 Å². The number of nitrogens with two attached hydrogens (primary N) is 1. The summed E-state index contributed by atoms with van der Waals surface area (Å²) in [7, 11) is 2.19. The Labute approximate surface area is 212 Å². The van der Waals surface area contributed by atoms with E-state index in [1.165, 1.54) is 48.5 Å². The highest BCUT2D eigenvalue weighted by Gasteiger charge is 2.67. The van der Waals surface area contributed by atoms with E-state index in [-0.39, 0.29) is 40.2 Å². The van der Waals surface area contributed by atoms with Crippen LogP contribution in [0.2, 0.25) is 0 Å². The molecule has 2 aromatic rings. The highest BCUT2D eigenvalue weighted by Crippen LogP contribution is 2.44. The Morgan fingerprint density at radius 1 is 0.889 bits per heavy atom. The van der Waals surface area contributed by atoms with E-state index in [9.17, 15) is 33.9 Å². The molecule has 4 rings (SSSR count). The lowest BCUT2D eigenvalue weighted by atomic mass is 9.68. The molecule has 12 heteroatoms. The van der Waals surface area contributed by atoms with Crippen molar-refractivity contribution in [2.75, 3.05) is 11.5 Å². The van der Waals surface area contributed by atoms with Crippen molar-refractivity contribution >= 4 is 56.9 Å². The molecule has 186 valence electrons. The first kappa shape index (κ1) is 25.6. The second-order valence-electron chi connectivity index (χ2n) is 8.19. The molecule has 10 nitrogen and oxygen atoms in total. The van der Waals surface area contributed by atoms with Gasteiger partial charge in [-0.3, -0.25) is 24.0 Å². The number of carbonyl (C=O) groups excluding carboxylic acids is 4. The largest absolute Gasteiger partial charge is 0.480 e. The van der Waals surface area contributed by atoms with Crippen molar-refractivity contribution in [1.82, 2.24) is 4.90 Å². The van der Waals surface area contributed by atoms with Crippen LogP contribution in [0, 0.1) is 5.92 Å². The molecular weight excluding hydrogens is 508 g/mol. The molecule has 2 aromatic carbocycles. The number of nitrogens with zero attached hydrogens (tertiary/aromatic N) is 1. The number of amides is 2. The predicted octanol–water partition coefficient (Wildman–Crippen LogP) is 1.98. The van der Waals surface area contributed by atoms with Crippen LogP contribution in [0.1, 0.15) is 47.9 Å². The number of imide groups is 1. The summed E-state index contributed by atoms with van der Waals surface area (Å²) in [4.78, 5) is 78.4. The molecule has 0 aromatic heterocycles. The average Bonchev–Trinajstić information content (AvgIpc) is 3.12. The zero-order chi connectivity index (χ0) is 26.2. The Morgan fingerprint density at radius 2 is 1.42 bits per heavy atom. The fourth-order valence-corrected chi connectivity index (χ4v) is 6.85. The number of hydrogen-bond acceptors (Lipinski definition) is 9. The number of carbonyl (C=O) groups is 6. The first-order valence-electron chi connectivity index (χ1n) is 10.8. The molecule has 0 bridgehead atoms. The van der Waals surface area contributed by atoms with Gasteiger partial charge in [0.2, 0.25) is 11.3 Å². The third-order valence-electron chi connectivity index (χ3n) is 6.22. The quantitative estimate of drug-likeness (QED) is 0.188. The Balaban J connectivity index is 1.76. The fourth-order valence-electron chi connectivity index (χ4n) is 4.42. The number of hydrogen-bond donors (Lipinski definition) is 3. The van der Waals surface area contributed by atoms with Gasteiger partial charge in [0.05, 0.1) is 17.0 Å². The maximum absolute atomic E-state index is 13.8. The van der Waals surface area contributed by atoms with Crippen LogP contribution in [0.3, 0.4) is 0 Å². The van der Waals surface area contributed by atoms with Gasteiger partial charge in [-0.15, -0.1) is 0 Å². The summed E-state index contributed by atoms with van der Waals surface area (Å²) in [5.41, 5.74) is 2.44. The molecule has 1 aliphatic heterocycles. The van der Waals surface area contributed by atoms with Crippen LogP contribution in [0.15, 0.2) is 48.5 Å². The van der Waals surface area contributed by atoms with Crippen LogP contribution in [0.4, 0.5) is 0 Å². The Kier molecular flexibility index (Phi) is 7.03. The first-order valence-corrected chi connectivity index (χ1v) is 13.2. The lowest BCUT2D eigenvalue weighted by molar-refractivity contribution is -0.147. The minimum atomic E-state index is -2.79. The van der Waals surface area contributed by atoms with Crippen LogP contribution in [0.5, 0.6) is 0 Å². The van der Waals surface area contributed by atoms with Crippen molar-refractivity contribution in [3.05, 3.63) is 70.8 Å². The fraction of sp³-hybridized carbons (Fsp3) is 0.250. The van der Waals surface area contributed by atoms with Gasteiger partial charge in [-0.05, 0) is 18.6 Å². The highest BCUT2D eigenvalue weighted by molar-refractivity contribution is 8.76. The van der Waals surface area contributed by atoms with Crippen molar-refractivity contribution in [1.29, 1.82) is 0 Å². The smallest absolute Gasteiger partial charge is 0.339 e. The topological polar surface area (TPSA) is 172 Å². The number of carboxylic acids is 2. The van der Waals surface area contributed by atoms with Crippen LogP contribution >= 0.6 is 21.6 Å². The van der Waals surface area contributed by atoms with Gasteiger partial charge in [0.1, 0.15) is 6.04 Å². The zero-order valence-corrected chi connectivity index (χ0v) is 20.2. The molecule has 3 atom stereocenters. The Morgan fingerprint density at radius 3 is 1.94 bits per heavy atom. The van der Waals surface area contributed by atoms with Crippen molar-refractivity contribution in [2.45, 2.75) is 18.0 Å². The van der Waals surface area contributed by atoms with Crippen molar-refractivity contribution < 1.29 is 39.0 Å². The molecule has 0 spiro atoms. The van der Waals surface area contributed by atoms with E-state index in [2.05, 4.69) is 0 Å². The standard InChI is InChI=1S/C24H20N2O8S2/c25-17(22(31)32)9-10-35-36-11-16-18(27)12-5-1-2-6-13(12)19(28)24(16,23(33)34)26-20(29)14-7-3-4-8-15(14)21(26)30/h1-8,16-17H,9-11,25H2,(H,31,32)(H,33,34)/t16?,17?,24-/m1/s1. The Bertz CT molecular complexity index is 1280. The van der Waals surface area contributed by atoms with E-state index < -0.39 is 52.8 Å². The normalized spacial score (nSPS) is 21.8. The molecule has 36 heavy (non-hydrogen) atoms. The van der Waals surface area contributed by atoms with Crippen LogP contribution in [-0.2, 0) is 9.59 Å². The van der Waals surface area contributed by atoms with Crippen LogP contribution < -0.4 is 5.73 Å². The van der Waals surface area contributed by atoms with E-state index in [0.717, 1.165) is 21.6 Å². The minimum absolute atomic E-state index is 0.0134. The monoisotopic (exact) mass is 528 g/mol. The molecular formula is C24H20N2O8S2. The summed E-state index contributed by atoms with van der Waals surface area (Å²) >= 11 is 0. The molecule has 4 N–H and O–H groups in total. The molecule has 2 aliphatic rings. The van der Waals surface area contributed by atoms with Gasteiger partial charge in [0.15, 0.2) is 5.78 Å². The highest BCUT2D eigenvalue weighted by atomic mass is 33.1. The lowest BCUT2D eigenvalue weighted by Crippen LogP contribution is -2.70. The molecule has 2 unspecified atom stereocenters. The van der Waals surface area contributed by atoms with Crippen molar-refractivity contribution in [3.63, 3.8) is 0 Å². The van der Waals surface area contributed by atoms with E-state index in [4.69, 9.17) is 10.8 Å². The number of Topliss-reactive ketones (excluding diaryl/α,β-unsaturated/α-hetero) is 2. The number of fused-ring (bicyclic) bond motifs is 2. The molecule has 2 amide bonds. The second-order valence-corrected chi connectivity index (χ2v) is 10.8. The maximum Gasteiger partial charge on any atom is 0.339 e. The number of benzene rings is 2. The Hall–Kier alpha value is -3.48. The van der Waals surface area contributed by atoms with E-state index in [0.29, 0.717) is 4.90 Å². The SMILES string of the molecule is NC(CCSSCC1C(=O)c2ccccc2C(=O)[C@]1(C(=O)O)N1C(=O)c2ccccc2C1=O)C(=O)O. The second kappa shape index (κ2) is 9.88. The lowest BCUT2D eigenvalue weighted by Gasteiger charge is -2.43. The molecule has 0 saturated carbocycles. The summed E-state index contributed by atoms with van der Waals surface area (Å²) in [6.45, 7) is 0. The third-order valence-corrected chi connectivity index (χ3v) is 8.67. The van der Waals surface area contributed by atoms with Gasteiger partial charge in [-0.25, -0.2) is 9.69 Å². The van der Waals surface area contributed by atoms with E-state index in [1.54, 1.807) is 0 Å². The molecule has 1 aliphatic carbocycles. The van der Waals surface area contributed by atoms with Crippen LogP contribution in [0.25, 0.3) is 0 Å². The number of rotatable bonds is 9. The van der Waals surface area contributed by atoms with E-state index in [1.807, 2.05) is 0 Å². The molecule has 0 radical (unpaired) electrons. The van der Waals surface area contributed by atoms with Gasteiger partial charge in [-0.2, -0.15) is 0 Å². The molecule has 1 heterocycles. The minimum Gasteiger partial charge on any atom is -0.480 e. The summed E-state index contributed by atoms with van der Waals surface area (Å²) < 4.78 is 0. The number of aliphatic carboxylic acids is 2. The van der Waals surface area contributed by atoms with Gasteiger partial charge in [0.25, 0.3) is 11.8 Å². The van der Waals surface area contributed by atoms with E-state index >= 15 is 0 Å². The maximum atomic E-state index is 13.8. The summed E-state index contributed by atoms with van der Waals surface area (Å²) in [6.07, 6.45) is 0.121. The van der Waals surface area contributed by atoms with Crippen LogP contribution in [-0.4, -0.2) is 73.5 Å².